The van der Waals surface area contributed by atoms with Gasteiger partial charge in [-0.05, 0) is 60.0 Å². The van der Waals surface area contributed by atoms with Gasteiger partial charge in [0.05, 0.1) is 19.8 Å². The summed E-state index contributed by atoms with van der Waals surface area (Å²) in [6.45, 7) is 2.33. The standard InChI is InChI=1S/C25H26O5.W/c1-25(19-8-12-22(28-3)13-9-19,20-10-14-23(15-11-20)30-17-27-2)21-7-5-6-18(16-21)24(26)29-4;/h5-16H,17H2,1-4H3;. The molecule has 0 radical (unpaired) electrons. The molecule has 0 heterocycles. The third-order valence-electron chi connectivity index (χ3n) is 5.30. The van der Waals surface area contributed by atoms with Gasteiger partial charge < -0.3 is 18.9 Å². The number of benzene rings is 3. The Morgan fingerprint density at radius 3 is 1.90 bits per heavy atom. The monoisotopic (exact) mass is 590 g/mol. The summed E-state index contributed by atoms with van der Waals surface area (Å²) in [5, 5.41) is 0. The summed E-state index contributed by atoms with van der Waals surface area (Å²) in [6, 6.07) is 23.4. The minimum absolute atomic E-state index is 0. The predicted molar refractivity (Wildman–Crippen MR) is 115 cm³/mol. The number of carbonyl (C=O) groups is 1. The smallest absolute Gasteiger partial charge is 0.337 e. The minimum Gasteiger partial charge on any atom is -0.497 e. The van der Waals surface area contributed by atoms with Gasteiger partial charge in [-0.25, -0.2) is 4.79 Å². The molecule has 0 aliphatic heterocycles. The largest absolute Gasteiger partial charge is 0.497 e. The van der Waals surface area contributed by atoms with Gasteiger partial charge in [-0.1, -0.05) is 36.4 Å². The van der Waals surface area contributed by atoms with Crippen LogP contribution in [0, 0.1) is 0 Å². The molecule has 3 aromatic carbocycles. The van der Waals surface area contributed by atoms with E-state index in [4.69, 9.17) is 18.9 Å². The quantitative estimate of drug-likeness (QED) is 0.214. The molecule has 3 aromatic rings. The Morgan fingerprint density at radius 2 is 1.39 bits per heavy atom. The van der Waals surface area contributed by atoms with Crippen molar-refractivity contribution >= 4 is 5.97 Å². The summed E-state index contributed by atoms with van der Waals surface area (Å²) in [6.07, 6.45) is 0. The van der Waals surface area contributed by atoms with Crippen molar-refractivity contribution in [2.75, 3.05) is 28.1 Å². The minimum atomic E-state index is -0.518. The maximum Gasteiger partial charge on any atom is 0.337 e. The molecule has 0 bridgehead atoms. The van der Waals surface area contributed by atoms with Crippen molar-refractivity contribution < 1.29 is 44.8 Å². The van der Waals surface area contributed by atoms with E-state index in [1.165, 1.54) is 7.11 Å². The Labute approximate surface area is 197 Å². The normalized spacial score (nSPS) is 12.3. The molecular weight excluding hydrogens is 564 g/mol. The average molecular weight is 590 g/mol. The Hall–Kier alpha value is -2.62. The van der Waals surface area contributed by atoms with Crippen LogP contribution < -0.4 is 9.47 Å². The second kappa shape index (κ2) is 11.1. The van der Waals surface area contributed by atoms with Gasteiger partial charge in [0.15, 0.2) is 6.79 Å². The zero-order valence-electron chi connectivity index (χ0n) is 18.1. The van der Waals surface area contributed by atoms with Gasteiger partial charge in [0.25, 0.3) is 0 Å². The van der Waals surface area contributed by atoms with E-state index in [-0.39, 0.29) is 33.8 Å². The first-order valence-corrected chi connectivity index (χ1v) is 9.58. The molecule has 0 amide bonds. The number of rotatable bonds is 8. The van der Waals surface area contributed by atoms with Crippen LogP contribution in [-0.4, -0.2) is 34.1 Å². The molecule has 1 unspecified atom stereocenters. The molecule has 31 heavy (non-hydrogen) atoms. The Morgan fingerprint density at radius 1 is 0.806 bits per heavy atom. The van der Waals surface area contributed by atoms with Crippen molar-refractivity contribution in [3.8, 4) is 11.5 Å². The van der Waals surface area contributed by atoms with Gasteiger partial charge in [-0.2, -0.15) is 0 Å². The first kappa shape index (κ1) is 24.6. The third-order valence-corrected chi connectivity index (χ3v) is 5.30. The zero-order chi connectivity index (χ0) is 21.6. The van der Waals surface area contributed by atoms with Crippen molar-refractivity contribution in [2.24, 2.45) is 0 Å². The van der Waals surface area contributed by atoms with E-state index >= 15 is 0 Å². The maximum atomic E-state index is 12.1. The van der Waals surface area contributed by atoms with Crippen LogP contribution in [0.5, 0.6) is 11.5 Å². The summed E-state index contributed by atoms with van der Waals surface area (Å²) in [4.78, 5) is 12.1. The van der Waals surface area contributed by atoms with Crippen LogP contribution >= 0.6 is 0 Å². The second-order valence-electron chi connectivity index (χ2n) is 7.00. The summed E-state index contributed by atoms with van der Waals surface area (Å²) < 4.78 is 20.7. The fourth-order valence-electron chi connectivity index (χ4n) is 3.51. The van der Waals surface area contributed by atoms with E-state index in [0.29, 0.717) is 5.56 Å². The van der Waals surface area contributed by atoms with Crippen LogP contribution in [0.3, 0.4) is 0 Å². The fraction of sp³-hybridized carbons (Fsp3) is 0.240. The summed E-state index contributed by atoms with van der Waals surface area (Å²) in [5.41, 5.74) is 3.09. The first-order chi connectivity index (χ1) is 14.5. The van der Waals surface area contributed by atoms with Gasteiger partial charge in [0.1, 0.15) is 11.5 Å². The summed E-state index contributed by atoms with van der Waals surface area (Å²) in [5.74, 6) is 1.14. The molecule has 0 saturated heterocycles. The second-order valence-corrected chi connectivity index (χ2v) is 7.00. The summed E-state index contributed by atoms with van der Waals surface area (Å²) in [7, 11) is 4.62. The number of hydrogen-bond acceptors (Lipinski definition) is 5. The molecule has 5 nitrogen and oxygen atoms in total. The van der Waals surface area contributed by atoms with Crippen LogP contribution in [-0.2, 0) is 36.0 Å². The van der Waals surface area contributed by atoms with E-state index < -0.39 is 5.41 Å². The molecular formula is C25H26O5W. The van der Waals surface area contributed by atoms with Crippen molar-refractivity contribution in [3.05, 3.63) is 95.1 Å². The molecule has 0 aliphatic carbocycles. The van der Waals surface area contributed by atoms with Gasteiger partial charge in [0, 0.05) is 33.6 Å². The molecule has 0 N–H and O–H groups in total. The Kier molecular flexibility index (Phi) is 8.85. The zero-order valence-corrected chi connectivity index (χ0v) is 21.0. The molecule has 0 fully saturated rings. The number of esters is 1. The SMILES string of the molecule is COCOc1ccc(C(C)(c2ccc(OC)cc2)c2cccc(C(=O)OC)c2)cc1.[W]. The van der Waals surface area contributed by atoms with E-state index in [0.717, 1.165) is 28.2 Å². The van der Waals surface area contributed by atoms with Gasteiger partial charge in [-0.3, -0.25) is 0 Å². The van der Waals surface area contributed by atoms with Crippen LogP contribution in [0.25, 0.3) is 0 Å². The van der Waals surface area contributed by atoms with E-state index in [1.807, 2.05) is 66.7 Å². The van der Waals surface area contributed by atoms with Gasteiger partial charge in [-0.15, -0.1) is 0 Å². The average Bonchev–Trinajstić information content (AvgIpc) is 2.82. The third kappa shape index (κ3) is 5.36. The number of methoxy groups -OCH3 is 3. The maximum absolute atomic E-state index is 12.1. The fourth-order valence-corrected chi connectivity index (χ4v) is 3.51. The molecule has 0 saturated carbocycles. The van der Waals surface area contributed by atoms with E-state index in [2.05, 4.69) is 6.92 Å². The molecule has 0 aromatic heterocycles. The number of ether oxygens (including phenoxy) is 4. The van der Waals surface area contributed by atoms with Crippen molar-refractivity contribution in [1.29, 1.82) is 0 Å². The van der Waals surface area contributed by atoms with Crippen molar-refractivity contribution in [1.82, 2.24) is 0 Å². The summed E-state index contributed by atoms with van der Waals surface area (Å²) >= 11 is 0. The Bertz CT molecular complexity index is 986. The topological polar surface area (TPSA) is 54.0 Å². The molecule has 0 aliphatic rings. The molecule has 6 heteroatoms. The van der Waals surface area contributed by atoms with Crippen molar-refractivity contribution in [3.63, 3.8) is 0 Å². The van der Waals surface area contributed by atoms with Crippen LogP contribution in [0.4, 0.5) is 0 Å². The number of hydrogen-bond donors (Lipinski definition) is 0. The molecule has 3 rings (SSSR count). The Balaban J connectivity index is 0.00000341. The van der Waals surface area contributed by atoms with Crippen LogP contribution in [0.2, 0.25) is 0 Å². The molecule has 162 valence electrons. The predicted octanol–water partition coefficient (Wildman–Crippen LogP) is 4.82. The van der Waals surface area contributed by atoms with Crippen LogP contribution in [0.1, 0.15) is 34.0 Å². The van der Waals surface area contributed by atoms with Gasteiger partial charge in [0.2, 0.25) is 0 Å². The van der Waals surface area contributed by atoms with Crippen LogP contribution in [0.15, 0.2) is 72.8 Å². The molecule has 0 spiro atoms. The number of carbonyl (C=O) groups excluding carboxylic acids is 1. The van der Waals surface area contributed by atoms with E-state index in [1.54, 1.807) is 20.3 Å². The first-order valence-electron chi connectivity index (χ1n) is 9.58. The van der Waals surface area contributed by atoms with Gasteiger partial charge >= 0.3 is 5.97 Å². The van der Waals surface area contributed by atoms with Crippen molar-refractivity contribution in [2.45, 2.75) is 12.3 Å². The van der Waals surface area contributed by atoms with E-state index in [9.17, 15) is 4.79 Å². The molecule has 1 atom stereocenters.